The molecule has 0 radical (unpaired) electrons. The van der Waals surface area contributed by atoms with Crippen molar-refractivity contribution in [1.82, 2.24) is 5.32 Å². The van der Waals surface area contributed by atoms with Gasteiger partial charge in [-0.2, -0.15) is 0 Å². The van der Waals surface area contributed by atoms with Crippen molar-refractivity contribution in [3.05, 3.63) is 42.0 Å². The predicted molar refractivity (Wildman–Crippen MR) is 170 cm³/mol. The van der Waals surface area contributed by atoms with Crippen molar-refractivity contribution in [1.29, 1.82) is 0 Å². The average Bonchev–Trinajstić information content (AvgIpc) is 3.34. The topological polar surface area (TPSA) is 69.6 Å². The summed E-state index contributed by atoms with van der Waals surface area (Å²) >= 11 is 0. The Labute approximate surface area is 255 Å². The average molecular weight is 576 g/mol. The molecular weight excluding hydrogens is 518 g/mol. The third-order valence-electron chi connectivity index (χ3n) is 15.1. The first-order valence-corrected chi connectivity index (χ1v) is 17.1. The van der Waals surface area contributed by atoms with Crippen molar-refractivity contribution in [2.45, 2.75) is 118 Å². The lowest BCUT2D eigenvalue weighted by molar-refractivity contribution is -0.246. The number of nitrogens with one attached hydrogen (secondary N) is 1. The van der Waals surface area contributed by atoms with Crippen LogP contribution in [-0.2, 0) is 11.2 Å². The Bertz CT molecular complexity index is 1220. The maximum atomic E-state index is 14.3. The summed E-state index contributed by atoms with van der Waals surface area (Å²) in [6.45, 7) is 19.9. The Balaban J connectivity index is 1.28. The molecule has 0 aromatic heterocycles. The minimum absolute atomic E-state index is 0.0253. The normalized spacial score (nSPS) is 45.6. The van der Waals surface area contributed by atoms with Crippen LogP contribution in [0.1, 0.15) is 111 Å². The lowest BCUT2D eigenvalue weighted by Gasteiger charge is -2.72. The zero-order valence-electron chi connectivity index (χ0n) is 27.3. The molecule has 3 N–H and O–H groups in total. The second kappa shape index (κ2) is 10.1. The summed E-state index contributed by atoms with van der Waals surface area (Å²) in [5, 5.41) is 24.1. The largest absolute Gasteiger partial charge is 0.508 e. The quantitative estimate of drug-likeness (QED) is 0.311. The molecule has 5 fully saturated rings. The van der Waals surface area contributed by atoms with Gasteiger partial charge in [0.25, 0.3) is 0 Å². The van der Waals surface area contributed by atoms with Gasteiger partial charge < -0.3 is 15.5 Å². The van der Waals surface area contributed by atoms with Crippen LogP contribution in [0.25, 0.3) is 0 Å². The molecule has 9 unspecified atom stereocenters. The second-order valence-electron chi connectivity index (χ2n) is 16.9. The lowest BCUT2D eigenvalue weighted by Crippen LogP contribution is -2.67. The number of aromatic hydroxyl groups is 1. The number of amides is 1. The van der Waals surface area contributed by atoms with Gasteiger partial charge in [-0.3, -0.25) is 4.79 Å². The van der Waals surface area contributed by atoms with Crippen LogP contribution in [0.2, 0.25) is 0 Å². The number of rotatable bonds is 5. The van der Waals surface area contributed by atoms with Gasteiger partial charge >= 0.3 is 0 Å². The van der Waals surface area contributed by atoms with Gasteiger partial charge in [0.15, 0.2) is 0 Å². The van der Waals surface area contributed by atoms with E-state index in [0.717, 1.165) is 50.5 Å². The van der Waals surface area contributed by atoms with Gasteiger partial charge in [0.05, 0.1) is 11.5 Å². The minimum atomic E-state index is -0.288. The van der Waals surface area contributed by atoms with Gasteiger partial charge in [0.1, 0.15) is 5.75 Å². The van der Waals surface area contributed by atoms with Crippen LogP contribution in [0.3, 0.4) is 0 Å². The molecule has 6 rings (SSSR count). The van der Waals surface area contributed by atoms with Gasteiger partial charge in [-0.25, -0.2) is 0 Å². The molecule has 42 heavy (non-hydrogen) atoms. The number of carbonyl (C=O) groups excluding carboxylic acids is 1. The van der Waals surface area contributed by atoms with E-state index in [1.165, 1.54) is 31.3 Å². The molecule has 232 valence electrons. The first-order valence-electron chi connectivity index (χ1n) is 17.1. The number of allylic oxidation sites excluding steroid dienone is 1. The molecule has 0 saturated heterocycles. The molecular formula is C38H57NO3. The number of phenols is 1. The zero-order valence-corrected chi connectivity index (χ0v) is 27.3. The zero-order chi connectivity index (χ0) is 30.3. The fourth-order valence-corrected chi connectivity index (χ4v) is 12.7. The summed E-state index contributed by atoms with van der Waals surface area (Å²) in [6, 6.07) is 7.35. The summed E-state index contributed by atoms with van der Waals surface area (Å²) in [5.41, 5.74) is 2.83. The van der Waals surface area contributed by atoms with Crippen LogP contribution in [0, 0.1) is 56.7 Å². The molecule has 10 atom stereocenters. The molecule has 5 aliphatic rings. The van der Waals surface area contributed by atoms with Gasteiger partial charge in [0, 0.05) is 6.54 Å². The Morgan fingerprint density at radius 3 is 2.29 bits per heavy atom. The highest BCUT2D eigenvalue weighted by molar-refractivity contribution is 5.84. The van der Waals surface area contributed by atoms with E-state index in [1.807, 2.05) is 12.1 Å². The summed E-state index contributed by atoms with van der Waals surface area (Å²) in [5.74, 6) is 3.15. The number of aliphatic hydroxyl groups excluding tert-OH is 1. The van der Waals surface area contributed by atoms with E-state index in [4.69, 9.17) is 0 Å². The number of carbonyl (C=O) groups is 1. The van der Waals surface area contributed by atoms with E-state index in [-0.39, 0.29) is 44.8 Å². The van der Waals surface area contributed by atoms with Crippen molar-refractivity contribution >= 4 is 5.91 Å². The van der Waals surface area contributed by atoms with Crippen molar-refractivity contribution in [2.24, 2.45) is 56.7 Å². The first-order chi connectivity index (χ1) is 19.7. The molecule has 1 amide bonds. The third-order valence-corrected chi connectivity index (χ3v) is 15.1. The Kier molecular flexibility index (Phi) is 7.28. The van der Waals surface area contributed by atoms with Crippen LogP contribution in [-0.4, -0.2) is 28.8 Å². The van der Waals surface area contributed by atoms with Crippen molar-refractivity contribution in [2.75, 3.05) is 6.54 Å². The maximum Gasteiger partial charge on any atom is 0.226 e. The SMILES string of the molecule is C=C(C)C1CCC2(C(=O)NCCc3ccc(O)cc3)CC[C@]3(C)C(CCC4C5(C)CCC(O)C(C)(C)C5CCC43C)C12. The van der Waals surface area contributed by atoms with Crippen molar-refractivity contribution in [3.8, 4) is 5.75 Å². The molecule has 4 heteroatoms. The predicted octanol–water partition coefficient (Wildman–Crippen LogP) is 8.07. The van der Waals surface area contributed by atoms with Crippen LogP contribution < -0.4 is 5.32 Å². The monoisotopic (exact) mass is 575 g/mol. The number of aliphatic hydroxyl groups is 1. The van der Waals surface area contributed by atoms with Crippen molar-refractivity contribution < 1.29 is 15.0 Å². The number of phenolic OH excluding ortho intramolecular Hbond substituents is 1. The highest BCUT2D eigenvalue weighted by atomic mass is 16.3. The Hall–Kier alpha value is -1.81. The Morgan fingerprint density at radius 2 is 1.60 bits per heavy atom. The maximum absolute atomic E-state index is 14.3. The van der Waals surface area contributed by atoms with Crippen molar-refractivity contribution in [3.63, 3.8) is 0 Å². The number of fused-ring (bicyclic) bond motifs is 7. The van der Waals surface area contributed by atoms with Crippen LogP contribution in [0.4, 0.5) is 0 Å². The summed E-state index contributed by atoms with van der Waals surface area (Å²) < 4.78 is 0. The van der Waals surface area contributed by atoms with E-state index in [1.54, 1.807) is 12.1 Å². The van der Waals surface area contributed by atoms with E-state index >= 15 is 0 Å². The molecule has 5 aliphatic carbocycles. The van der Waals surface area contributed by atoms with Crippen LogP contribution in [0.5, 0.6) is 5.75 Å². The van der Waals surface area contributed by atoms with E-state index < -0.39 is 0 Å². The molecule has 0 aliphatic heterocycles. The molecule has 5 saturated carbocycles. The van der Waals surface area contributed by atoms with Gasteiger partial charge in [-0.05, 0) is 146 Å². The summed E-state index contributed by atoms with van der Waals surface area (Å²) in [7, 11) is 0. The third kappa shape index (κ3) is 4.12. The molecule has 1 aromatic carbocycles. The fraction of sp³-hybridized carbons (Fsp3) is 0.763. The molecule has 0 spiro atoms. The van der Waals surface area contributed by atoms with Gasteiger partial charge in [-0.1, -0.05) is 58.9 Å². The number of benzene rings is 1. The molecule has 4 nitrogen and oxygen atoms in total. The molecule has 1 aromatic rings. The van der Waals surface area contributed by atoms with Gasteiger partial charge in [0.2, 0.25) is 5.91 Å². The Morgan fingerprint density at radius 1 is 0.881 bits per heavy atom. The van der Waals surface area contributed by atoms with E-state index in [0.29, 0.717) is 36.1 Å². The van der Waals surface area contributed by atoms with Crippen LogP contribution in [0.15, 0.2) is 36.4 Å². The summed E-state index contributed by atoms with van der Waals surface area (Å²) in [4.78, 5) is 14.3. The second-order valence-corrected chi connectivity index (χ2v) is 16.9. The lowest BCUT2D eigenvalue weighted by atomic mass is 9.32. The van der Waals surface area contributed by atoms with Gasteiger partial charge in [-0.15, -0.1) is 0 Å². The van der Waals surface area contributed by atoms with E-state index in [9.17, 15) is 15.0 Å². The minimum Gasteiger partial charge on any atom is -0.508 e. The number of hydrogen-bond donors (Lipinski definition) is 3. The number of hydrogen-bond acceptors (Lipinski definition) is 3. The molecule has 0 heterocycles. The summed E-state index contributed by atoms with van der Waals surface area (Å²) in [6.07, 6.45) is 11.8. The fourth-order valence-electron chi connectivity index (χ4n) is 12.7. The highest BCUT2D eigenvalue weighted by Crippen LogP contribution is 2.77. The highest BCUT2D eigenvalue weighted by Gasteiger charge is 2.71. The molecule has 0 bridgehead atoms. The smallest absolute Gasteiger partial charge is 0.226 e. The van der Waals surface area contributed by atoms with Crippen LogP contribution >= 0.6 is 0 Å². The first kappa shape index (κ1) is 30.2. The van der Waals surface area contributed by atoms with E-state index in [2.05, 4.69) is 53.4 Å². The standard InChI is InChI=1S/C38H57NO3/c1-24(2)27-14-20-38(33(42)39-23-17-25-8-10-26(40)11-9-25)22-21-36(6)28(32(27)38)12-13-30-35(5)18-16-31(41)34(3,4)29(35)15-19-37(30,36)7/h8-11,27-32,40-41H,1,12-23H2,2-7H3,(H,39,42)/t27?,28?,29?,30?,31?,32?,35?,36-,37?,38?/m1/s1.